The molecule has 0 radical (unpaired) electrons. The zero-order valence-corrected chi connectivity index (χ0v) is 16.5. The summed E-state index contributed by atoms with van der Waals surface area (Å²) in [5.41, 5.74) is 1.70. The van der Waals surface area contributed by atoms with Gasteiger partial charge in [-0.2, -0.15) is 4.99 Å². The monoisotopic (exact) mass is 403 g/mol. The Morgan fingerprint density at radius 2 is 2.07 bits per heavy atom. The number of aromatic nitrogens is 1. The van der Waals surface area contributed by atoms with Gasteiger partial charge in [0.05, 0.1) is 10.6 Å². The first kappa shape index (κ1) is 19.1. The molecule has 7 nitrogen and oxygen atoms in total. The van der Waals surface area contributed by atoms with Crippen LogP contribution in [-0.2, 0) is 9.59 Å². The van der Waals surface area contributed by atoms with Gasteiger partial charge in [0.1, 0.15) is 5.75 Å². The van der Waals surface area contributed by atoms with Gasteiger partial charge in [-0.1, -0.05) is 12.1 Å². The minimum absolute atomic E-state index is 0.133. The third-order valence-corrected chi connectivity index (χ3v) is 5.55. The molecular weight excluding hydrogens is 386 g/mol. The molecule has 1 aromatic heterocycles. The average molecular weight is 403 g/mol. The summed E-state index contributed by atoms with van der Waals surface area (Å²) in [6.07, 6.45) is 0.840. The molecule has 27 heavy (non-hydrogen) atoms. The summed E-state index contributed by atoms with van der Waals surface area (Å²) in [6.45, 7) is 3.36. The molecule has 1 amide bonds. The lowest BCUT2D eigenvalue weighted by Gasteiger charge is -2.10. The number of aliphatic carboxylic acids is 1. The molecule has 2 heterocycles. The van der Waals surface area contributed by atoms with E-state index in [4.69, 9.17) is 9.84 Å². The van der Waals surface area contributed by atoms with E-state index < -0.39 is 12.1 Å². The lowest BCUT2D eigenvalue weighted by atomic mass is 10.2. The molecule has 140 valence electrons. The van der Waals surface area contributed by atoms with Crippen LogP contribution in [0, 0.1) is 6.92 Å². The molecular formula is C18H17N3O4S2. The quantitative estimate of drug-likeness (QED) is 0.768. The van der Waals surface area contributed by atoms with Crippen LogP contribution in [0.3, 0.4) is 0 Å². The third kappa shape index (κ3) is 4.55. The van der Waals surface area contributed by atoms with E-state index in [2.05, 4.69) is 9.98 Å². The van der Waals surface area contributed by atoms with Gasteiger partial charge in [0.25, 0.3) is 5.91 Å². The van der Waals surface area contributed by atoms with Crippen LogP contribution in [0.25, 0.3) is 6.08 Å². The molecule has 1 aliphatic rings. The Morgan fingerprint density at radius 3 is 2.67 bits per heavy atom. The van der Waals surface area contributed by atoms with Crippen molar-refractivity contribution in [2.75, 3.05) is 7.05 Å². The van der Waals surface area contributed by atoms with Gasteiger partial charge in [0.2, 0.25) is 5.13 Å². The molecule has 0 aliphatic carbocycles. The molecule has 0 bridgehead atoms. The molecule has 1 aromatic carbocycles. The Bertz CT molecular complexity index is 934. The number of hydrogen-bond donors (Lipinski definition) is 1. The van der Waals surface area contributed by atoms with Gasteiger partial charge < -0.3 is 9.84 Å². The van der Waals surface area contributed by atoms with E-state index in [1.165, 1.54) is 34.9 Å². The van der Waals surface area contributed by atoms with Crippen molar-refractivity contribution in [3.63, 3.8) is 0 Å². The maximum atomic E-state index is 12.5. The predicted octanol–water partition coefficient (Wildman–Crippen LogP) is 3.54. The van der Waals surface area contributed by atoms with Gasteiger partial charge in [0, 0.05) is 12.4 Å². The first-order valence-electron chi connectivity index (χ1n) is 8.01. The topological polar surface area (TPSA) is 92.1 Å². The number of amidine groups is 1. The molecule has 1 N–H and O–H groups in total. The first-order valence-corrected chi connectivity index (χ1v) is 9.71. The maximum Gasteiger partial charge on any atom is 0.344 e. The number of carboxylic acid groups (broad SMARTS) is 1. The van der Waals surface area contributed by atoms with Crippen molar-refractivity contribution in [3.8, 4) is 5.75 Å². The van der Waals surface area contributed by atoms with E-state index in [0.29, 0.717) is 21.0 Å². The van der Waals surface area contributed by atoms with Crippen molar-refractivity contribution in [2.24, 2.45) is 4.99 Å². The van der Waals surface area contributed by atoms with Crippen molar-refractivity contribution in [3.05, 3.63) is 45.8 Å². The van der Waals surface area contributed by atoms with Crippen LogP contribution >= 0.6 is 23.1 Å². The van der Waals surface area contributed by atoms with Gasteiger partial charge >= 0.3 is 5.97 Å². The van der Waals surface area contributed by atoms with Crippen LogP contribution in [0.5, 0.6) is 5.75 Å². The number of carbonyl (C=O) groups is 2. The molecule has 2 aromatic rings. The Kier molecular flexibility index (Phi) is 5.62. The maximum absolute atomic E-state index is 12.5. The van der Waals surface area contributed by atoms with Gasteiger partial charge in [-0.05, 0) is 49.4 Å². The lowest BCUT2D eigenvalue weighted by Crippen LogP contribution is -2.23. The normalized spacial score (nSPS) is 18.3. The Morgan fingerprint density at radius 1 is 1.37 bits per heavy atom. The number of carboxylic acids is 1. The van der Waals surface area contributed by atoms with Crippen LogP contribution < -0.4 is 4.74 Å². The molecule has 1 unspecified atom stereocenters. The number of likely N-dealkylation sites (N-methyl/N-ethyl adjacent to an activating group) is 1. The summed E-state index contributed by atoms with van der Waals surface area (Å²) in [5.74, 6) is -0.706. The summed E-state index contributed by atoms with van der Waals surface area (Å²) >= 11 is 2.72. The highest BCUT2D eigenvalue weighted by molar-refractivity contribution is 8.18. The number of thiazole rings is 1. The smallest absolute Gasteiger partial charge is 0.344 e. The minimum atomic E-state index is -1.03. The fourth-order valence-corrected chi connectivity index (χ4v) is 3.87. The van der Waals surface area contributed by atoms with E-state index in [1.54, 1.807) is 37.4 Å². The van der Waals surface area contributed by atoms with Gasteiger partial charge in [-0.25, -0.2) is 9.78 Å². The van der Waals surface area contributed by atoms with Gasteiger partial charge in [0.15, 0.2) is 11.3 Å². The largest absolute Gasteiger partial charge is 0.479 e. The molecule has 1 aliphatic heterocycles. The van der Waals surface area contributed by atoms with E-state index in [1.807, 2.05) is 12.3 Å². The second-order valence-electron chi connectivity index (χ2n) is 5.81. The second kappa shape index (κ2) is 7.93. The zero-order chi connectivity index (χ0) is 19.6. The number of rotatable bonds is 5. The number of carbonyl (C=O) groups excluding carboxylic acids is 1. The number of aliphatic imine (C=N–C) groups is 1. The minimum Gasteiger partial charge on any atom is -0.479 e. The SMILES string of the molecule is Cc1csc(/N=C2/S/C(=C/c3ccc(OC(C)C(=O)O)cc3)C(=O)N2C)n1. The Balaban J connectivity index is 1.76. The number of amides is 1. The van der Waals surface area contributed by atoms with Crippen molar-refractivity contribution < 1.29 is 19.4 Å². The van der Waals surface area contributed by atoms with E-state index >= 15 is 0 Å². The summed E-state index contributed by atoms with van der Waals surface area (Å²) in [7, 11) is 1.68. The molecule has 0 saturated carbocycles. The van der Waals surface area contributed by atoms with Crippen LogP contribution in [-0.4, -0.2) is 45.2 Å². The second-order valence-corrected chi connectivity index (χ2v) is 7.65. The summed E-state index contributed by atoms with van der Waals surface area (Å²) in [6, 6.07) is 6.88. The number of hydrogen-bond acceptors (Lipinski definition) is 7. The lowest BCUT2D eigenvalue weighted by molar-refractivity contribution is -0.144. The Labute approximate surface area is 164 Å². The number of benzene rings is 1. The fraction of sp³-hybridized carbons (Fsp3) is 0.222. The summed E-state index contributed by atoms with van der Waals surface area (Å²) < 4.78 is 5.30. The molecule has 3 rings (SSSR count). The van der Waals surface area contributed by atoms with Crippen LogP contribution in [0.15, 0.2) is 39.5 Å². The van der Waals surface area contributed by atoms with Crippen molar-refractivity contribution in [1.82, 2.24) is 9.88 Å². The van der Waals surface area contributed by atoms with E-state index in [-0.39, 0.29) is 5.91 Å². The van der Waals surface area contributed by atoms with E-state index in [0.717, 1.165) is 11.3 Å². The van der Waals surface area contributed by atoms with Crippen molar-refractivity contribution >= 4 is 51.4 Å². The predicted molar refractivity (Wildman–Crippen MR) is 106 cm³/mol. The highest BCUT2D eigenvalue weighted by atomic mass is 32.2. The number of nitrogens with zero attached hydrogens (tertiary/aromatic N) is 3. The van der Waals surface area contributed by atoms with Gasteiger partial charge in [-0.15, -0.1) is 11.3 Å². The first-order chi connectivity index (χ1) is 12.8. The van der Waals surface area contributed by atoms with Crippen LogP contribution in [0.2, 0.25) is 0 Å². The number of thioether (sulfide) groups is 1. The van der Waals surface area contributed by atoms with Crippen molar-refractivity contribution in [2.45, 2.75) is 20.0 Å². The standard InChI is InChI=1S/C18H17N3O4S2/c1-10-9-26-17(19-10)20-18-21(3)15(22)14(27-18)8-12-4-6-13(7-5-12)25-11(2)16(23)24/h4-9,11H,1-3H3,(H,23,24)/b14-8+,20-18+. The third-order valence-electron chi connectivity index (χ3n) is 3.64. The Hall–Kier alpha value is -2.65. The molecule has 0 spiro atoms. The summed E-state index contributed by atoms with van der Waals surface area (Å²) in [4.78, 5) is 34.1. The van der Waals surface area contributed by atoms with Crippen LogP contribution in [0.4, 0.5) is 5.13 Å². The number of aryl methyl sites for hydroxylation is 1. The number of ether oxygens (including phenoxy) is 1. The molecule has 1 saturated heterocycles. The van der Waals surface area contributed by atoms with E-state index in [9.17, 15) is 9.59 Å². The molecule has 9 heteroatoms. The van der Waals surface area contributed by atoms with Crippen LogP contribution in [0.1, 0.15) is 18.2 Å². The molecule has 1 atom stereocenters. The highest BCUT2D eigenvalue weighted by Crippen LogP contribution is 2.34. The van der Waals surface area contributed by atoms with Crippen molar-refractivity contribution in [1.29, 1.82) is 0 Å². The summed E-state index contributed by atoms with van der Waals surface area (Å²) in [5, 5.41) is 12.0. The highest BCUT2D eigenvalue weighted by Gasteiger charge is 2.30. The van der Waals surface area contributed by atoms with Gasteiger partial charge in [-0.3, -0.25) is 9.69 Å². The molecule has 1 fully saturated rings. The fourth-order valence-electron chi connectivity index (χ4n) is 2.17. The average Bonchev–Trinajstić information content (AvgIpc) is 3.15. The zero-order valence-electron chi connectivity index (χ0n) is 14.9.